The van der Waals surface area contributed by atoms with Crippen molar-refractivity contribution in [2.24, 2.45) is 0 Å². The Balaban J connectivity index is 0.786. The second-order valence-corrected chi connectivity index (χ2v) is 18.2. The van der Waals surface area contributed by atoms with Gasteiger partial charge < -0.3 is 9.13 Å². The van der Waals surface area contributed by atoms with Crippen molar-refractivity contribution in [2.45, 2.75) is 19.3 Å². The van der Waals surface area contributed by atoms with Gasteiger partial charge in [0.05, 0.1) is 22.1 Å². The maximum atomic E-state index is 2.44. The van der Waals surface area contributed by atoms with E-state index in [1.807, 2.05) is 0 Å². The fourth-order valence-corrected chi connectivity index (χ4v) is 10.8. The molecule has 2 nitrogen and oxygen atoms in total. The zero-order valence-electron chi connectivity index (χ0n) is 36.3. The van der Waals surface area contributed by atoms with Crippen LogP contribution in [-0.2, 0) is 5.41 Å². The van der Waals surface area contributed by atoms with E-state index in [0.29, 0.717) is 0 Å². The van der Waals surface area contributed by atoms with Crippen molar-refractivity contribution in [1.29, 1.82) is 0 Å². The van der Waals surface area contributed by atoms with Gasteiger partial charge in [0, 0.05) is 38.3 Å². The Labute approximate surface area is 378 Å². The van der Waals surface area contributed by atoms with Crippen LogP contribution in [0, 0.1) is 0 Å². The maximum absolute atomic E-state index is 2.44. The third kappa shape index (κ3) is 5.95. The first-order chi connectivity index (χ1) is 32.0. The van der Waals surface area contributed by atoms with Gasteiger partial charge in [0.2, 0.25) is 0 Å². The average molecular weight is 829 g/mol. The highest BCUT2D eigenvalue weighted by Crippen LogP contribution is 2.51. The molecule has 0 bridgehead atoms. The zero-order valence-corrected chi connectivity index (χ0v) is 36.3. The summed E-state index contributed by atoms with van der Waals surface area (Å²) >= 11 is 0. The van der Waals surface area contributed by atoms with E-state index in [-0.39, 0.29) is 5.41 Å². The van der Waals surface area contributed by atoms with Crippen LogP contribution >= 0.6 is 0 Å². The van der Waals surface area contributed by atoms with Crippen LogP contribution in [0.15, 0.2) is 218 Å². The largest absolute Gasteiger partial charge is 0.309 e. The van der Waals surface area contributed by atoms with Crippen LogP contribution < -0.4 is 0 Å². The van der Waals surface area contributed by atoms with E-state index in [1.54, 1.807) is 0 Å². The van der Waals surface area contributed by atoms with Gasteiger partial charge in [-0.15, -0.1) is 0 Å². The van der Waals surface area contributed by atoms with E-state index in [1.165, 1.54) is 121 Å². The first kappa shape index (κ1) is 37.4. The topological polar surface area (TPSA) is 9.86 Å². The van der Waals surface area contributed by atoms with Crippen molar-refractivity contribution in [1.82, 2.24) is 9.13 Å². The molecule has 306 valence electrons. The lowest BCUT2D eigenvalue weighted by Crippen LogP contribution is -2.15. The summed E-state index contributed by atoms with van der Waals surface area (Å²) in [6.07, 6.45) is 4.46. The summed E-state index contributed by atoms with van der Waals surface area (Å²) in [6.45, 7) is 4.77. The van der Waals surface area contributed by atoms with E-state index < -0.39 is 0 Å². The quantitative estimate of drug-likeness (QED) is 0.148. The molecule has 1 aliphatic rings. The molecule has 0 amide bonds. The van der Waals surface area contributed by atoms with E-state index in [9.17, 15) is 0 Å². The highest BCUT2D eigenvalue weighted by molar-refractivity contribution is 6.11. The summed E-state index contributed by atoms with van der Waals surface area (Å²) < 4.78 is 4.78. The number of aromatic nitrogens is 2. The summed E-state index contributed by atoms with van der Waals surface area (Å²) in [5.74, 6) is 0. The normalized spacial score (nSPS) is 13.1. The molecule has 0 aliphatic heterocycles. The molecule has 12 aromatic rings. The summed E-state index contributed by atoms with van der Waals surface area (Å²) in [7, 11) is 0. The Morgan fingerprint density at radius 3 is 1.52 bits per heavy atom. The van der Waals surface area contributed by atoms with Crippen LogP contribution in [0.2, 0.25) is 0 Å². The third-order valence-electron chi connectivity index (χ3n) is 14.1. The molecule has 0 N–H and O–H groups in total. The smallest absolute Gasteiger partial charge is 0.0541 e. The molecule has 0 radical (unpaired) electrons. The van der Waals surface area contributed by atoms with Crippen LogP contribution in [0.1, 0.15) is 36.1 Å². The summed E-state index contributed by atoms with van der Waals surface area (Å²) in [6, 6.07) is 80.5. The molecule has 0 atom stereocenters. The van der Waals surface area contributed by atoms with E-state index in [2.05, 4.69) is 254 Å². The molecule has 1 aliphatic carbocycles. The number of fused-ring (bicyclic) bond motifs is 10. The molecule has 0 saturated heterocycles. The summed E-state index contributed by atoms with van der Waals surface area (Å²) in [5.41, 5.74) is 19.8. The summed E-state index contributed by atoms with van der Waals surface area (Å²) in [4.78, 5) is 0. The van der Waals surface area contributed by atoms with Crippen molar-refractivity contribution < 1.29 is 0 Å². The highest BCUT2D eigenvalue weighted by Gasteiger charge is 2.36. The van der Waals surface area contributed by atoms with Gasteiger partial charge in [-0.2, -0.15) is 0 Å². The van der Waals surface area contributed by atoms with Gasteiger partial charge in [-0.1, -0.05) is 172 Å². The standard InChI is InChI=1S/C63H44N2/c1-63(2)57-39-47(44-25-22-41(23-26-44)20-21-42-24-34-61-55(36-42)53-16-8-10-18-59(53)64(61)49-14-4-3-5-15-49)28-32-51(57)52-33-29-48(40-58(52)63)46-30-35-62-56(38-46)54-17-9-11-19-60(54)65(62)50-31-27-43-12-6-7-13-45(43)37-50/h3-40H,1-2H3. The number of benzene rings is 10. The second-order valence-electron chi connectivity index (χ2n) is 18.2. The van der Waals surface area contributed by atoms with Crippen molar-refractivity contribution >= 4 is 66.5 Å². The first-order valence-electron chi connectivity index (χ1n) is 22.7. The molecule has 10 aromatic carbocycles. The van der Waals surface area contributed by atoms with Gasteiger partial charge in [0.25, 0.3) is 0 Å². The molecular weight excluding hydrogens is 785 g/mol. The fraction of sp³-hybridized carbons (Fsp3) is 0.0476. The molecular formula is C63H44N2. The highest BCUT2D eigenvalue weighted by atomic mass is 15.0. The Kier molecular flexibility index (Phi) is 8.29. The SMILES string of the molecule is CC1(C)c2cc(-c3ccc(C=Cc4ccc5c(c4)c4ccccc4n5-c4ccccc4)cc3)ccc2-c2ccc(-c3ccc4c(c3)c3ccccc3n4-c3ccc4ccccc4c3)cc21. The average Bonchev–Trinajstić information content (AvgIpc) is 3.95. The van der Waals surface area contributed by atoms with Crippen LogP contribution in [0.5, 0.6) is 0 Å². The number of hydrogen-bond donors (Lipinski definition) is 0. The van der Waals surface area contributed by atoms with Crippen molar-refractivity contribution in [2.75, 3.05) is 0 Å². The van der Waals surface area contributed by atoms with Crippen LogP contribution in [0.25, 0.3) is 111 Å². The Bertz CT molecular complexity index is 3890. The van der Waals surface area contributed by atoms with E-state index in [0.717, 1.165) is 0 Å². The van der Waals surface area contributed by atoms with Crippen LogP contribution in [0.3, 0.4) is 0 Å². The number of rotatable bonds is 6. The lowest BCUT2D eigenvalue weighted by atomic mass is 9.81. The molecule has 65 heavy (non-hydrogen) atoms. The minimum atomic E-state index is -0.149. The van der Waals surface area contributed by atoms with Crippen molar-refractivity contribution in [3.8, 4) is 44.8 Å². The Morgan fingerprint density at radius 1 is 0.323 bits per heavy atom. The maximum Gasteiger partial charge on any atom is 0.0541 e. The van der Waals surface area contributed by atoms with Gasteiger partial charge in [-0.25, -0.2) is 0 Å². The molecule has 13 rings (SSSR count). The summed E-state index contributed by atoms with van der Waals surface area (Å²) in [5, 5.41) is 7.57. The Morgan fingerprint density at radius 2 is 0.815 bits per heavy atom. The molecule has 2 heterocycles. The number of hydrogen-bond acceptors (Lipinski definition) is 0. The lowest BCUT2D eigenvalue weighted by molar-refractivity contribution is 0.661. The fourth-order valence-electron chi connectivity index (χ4n) is 10.8. The van der Waals surface area contributed by atoms with Crippen molar-refractivity contribution in [3.05, 3.63) is 241 Å². The van der Waals surface area contributed by atoms with Gasteiger partial charge in [-0.05, 0) is 139 Å². The van der Waals surface area contributed by atoms with E-state index >= 15 is 0 Å². The number of para-hydroxylation sites is 3. The van der Waals surface area contributed by atoms with E-state index in [4.69, 9.17) is 0 Å². The monoisotopic (exact) mass is 828 g/mol. The minimum Gasteiger partial charge on any atom is -0.309 e. The zero-order chi connectivity index (χ0) is 43.2. The molecule has 0 saturated carbocycles. The van der Waals surface area contributed by atoms with Gasteiger partial charge in [0.15, 0.2) is 0 Å². The molecule has 0 fully saturated rings. The third-order valence-corrected chi connectivity index (χ3v) is 14.1. The first-order valence-corrected chi connectivity index (χ1v) is 22.7. The second kappa shape index (κ2) is 14.4. The predicted octanol–water partition coefficient (Wildman–Crippen LogP) is 16.8. The van der Waals surface area contributed by atoms with Gasteiger partial charge in [-0.3, -0.25) is 0 Å². The molecule has 0 unspecified atom stereocenters. The van der Waals surface area contributed by atoms with Gasteiger partial charge >= 0.3 is 0 Å². The van der Waals surface area contributed by atoms with Crippen LogP contribution in [0.4, 0.5) is 0 Å². The molecule has 2 aromatic heterocycles. The Hall–Kier alpha value is -8.20. The molecule has 2 heteroatoms. The van der Waals surface area contributed by atoms with Gasteiger partial charge in [0.1, 0.15) is 0 Å². The molecule has 0 spiro atoms. The van der Waals surface area contributed by atoms with Crippen LogP contribution in [-0.4, -0.2) is 9.13 Å². The van der Waals surface area contributed by atoms with Crippen molar-refractivity contribution in [3.63, 3.8) is 0 Å². The number of nitrogens with zero attached hydrogens (tertiary/aromatic N) is 2. The predicted molar refractivity (Wildman–Crippen MR) is 276 cm³/mol. The lowest BCUT2D eigenvalue weighted by Gasteiger charge is -2.22. The minimum absolute atomic E-state index is 0.149.